The van der Waals surface area contributed by atoms with Crippen LogP contribution in [0.5, 0.6) is 0 Å². The Bertz CT molecular complexity index is 652. The molecule has 0 aliphatic rings. The highest BCUT2D eigenvalue weighted by molar-refractivity contribution is 7.92. The first-order valence-electron chi connectivity index (χ1n) is 6.38. The summed E-state index contributed by atoms with van der Waals surface area (Å²) in [4.78, 5) is 0.258. The number of hydrogen-bond acceptors (Lipinski definition) is 3. The highest BCUT2D eigenvalue weighted by atomic mass is 32.2. The Balaban J connectivity index is 2.22. The first-order chi connectivity index (χ1) is 9.53. The van der Waals surface area contributed by atoms with E-state index < -0.39 is 10.0 Å². The van der Waals surface area contributed by atoms with Gasteiger partial charge in [-0.25, -0.2) is 8.42 Å². The van der Waals surface area contributed by atoms with Gasteiger partial charge in [-0.15, -0.1) is 0 Å². The highest BCUT2D eigenvalue weighted by Crippen LogP contribution is 2.18. The Labute approximate surface area is 119 Å². The van der Waals surface area contributed by atoms with Gasteiger partial charge in [0.1, 0.15) is 0 Å². The van der Waals surface area contributed by atoms with E-state index in [1.54, 1.807) is 36.4 Å². The Morgan fingerprint density at radius 2 is 1.55 bits per heavy atom. The van der Waals surface area contributed by atoms with E-state index in [9.17, 15) is 8.42 Å². The van der Waals surface area contributed by atoms with Crippen molar-refractivity contribution in [3.8, 4) is 0 Å². The van der Waals surface area contributed by atoms with Gasteiger partial charge in [0.05, 0.1) is 4.90 Å². The lowest BCUT2D eigenvalue weighted by Crippen LogP contribution is -2.14. The van der Waals surface area contributed by atoms with Crippen LogP contribution in [0, 0.1) is 0 Å². The Hall–Kier alpha value is -1.85. The molecule has 1 atom stereocenters. The number of para-hydroxylation sites is 1. The molecule has 5 heteroatoms. The normalized spacial score (nSPS) is 12.9. The lowest BCUT2D eigenvalue weighted by molar-refractivity contribution is 0.601. The van der Waals surface area contributed by atoms with Crippen LogP contribution in [0.25, 0.3) is 0 Å². The molecule has 1 unspecified atom stereocenters. The van der Waals surface area contributed by atoms with Gasteiger partial charge >= 0.3 is 0 Å². The van der Waals surface area contributed by atoms with Crippen LogP contribution in [0.2, 0.25) is 0 Å². The van der Waals surface area contributed by atoms with Crippen molar-refractivity contribution in [3.63, 3.8) is 0 Å². The minimum Gasteiger partial charge on any atom is -0.313 e. The number of rotatable bonds is 5. The van der Waals surface area contributed by atoms with Crippen molar-refractivity contribution >= 4 is 15.7 Å². The summed E-state index contributed by atoms with van der Waals surface area (Å²) in [5.41, 5.74) is 1.60. The maximum Gasteiger partial charge on any atom is 0.261 e. The fraction of sp³-hybridized carbons (Fsp3) is 0.200. The molecule has 0 aliphatic heterocycles. The van der Waals surface area contributed by atoms with Crippen LogP contribution in [0.15, 0.2) is 59.5 Å². The highest BCUT2D eigenvalue weighted by Gasteiger charge is 2.14. The van der Waals surface area contributed by atoms with Crippen molar-refractivity contribution < 1.29 is 8.42 Å². The summed E-state index contributed by atoms with van der Waals surface area (Å²) in [7, 11) is -1.67. The maximum atomic E-state index is 12.2. The minimum absolute atomic E-state index is 0.189. The zero-order chi connectivity index (χ0) is 14.6. The van der Waals surface area contributed by atoms with Gasteiger partial charge in [-0.3, -0.25) is 4.72 Å². The summed E-state index contributed by atoms with van der Waals surface area (Å²) in [5, 5.41) is 3.11. The van der Waals surface area contributed by atoms with Crippen LogP contribution in [0.4, 0.5) is 5.69 Å². The van der Waals surface area contributed by atoms with Crippen LogP contribution in [-0.4, -0.2) is 15.5 Å². The minimum atomic E-state index is -3.53. The van der Waals surface area contributed by atoms with Crippen molar-refractivity contribution in [1.82, 2.24) is 5.32 Å². The Morgan fingerprint density at radius 3 is 2.10 bits per heavy atom. The average Bonchev–Trinajstić information content (AvgIpc) is 2.47. The van der Waals surface area contributed by atoms with Gasteiger partial charge in [0.15, 0.2) is 0 Å². The molecule has 0 saturated heterocycles. The maximum absolute atomic E-state index is 12.2. The van der Waals surface area contributed by atoms with Crippen molar-refractivity contribution in [2.24, 2.45) is 0 Å². The summed E-state index contributed by atoms with van der Waals surface area (Å²) in [6, 6.07) is 15.9. The van der Waals surface area contributed by atoms with Crippen LogP contribution in [-0.2, 0) is 10.0 Å². The second-order valence-corrected chi connectivity index (χ2v) is 6.23. The topological polar surface area (TPSA) is 58.2 Å². The second kappa shape index (κ2) is 6.07. The van der Waals surface area contributed by atoms with Gasteiger partial charge in [-0.2, -0.15) is 0 Å². The average molecular weight is 290 g/mol. The monoisotopic (exact) mass is 290 g/mol. The van der Waals surface area contributed by atoms with E-state index in [0.717, 1.165) is 5.56 Å². The van der Waals surface area contributed by atoms with Crippen molar-refractivity contribution in [2.45, 2.75) is 17.9 Å². The third-order valence-corrected chi connectivity index (χ3v) is 4.55. The molecule has 0 aromatic heterocycles. The van der Waals surface area contributed by atoms with E-state index in [1.807, 2.05) is 32.2 Å². The van der Waals surface area contributed by atoms with Crippen LogP contribution in [0.1, 0.15) is 18.5 Å². The molecule has 2 aromatic carbocycles. The van der Waals surface area contributed by atoms with Crippen LogP contribution < -0.4 is 10.0 Å². The molecule has 0 heterocycles. The summed E-state index contributed by atoms with van der Waals surface area (Å²) < 4.78 is 27.0. The molecule has 0 fully saturated rings. The smallest absolute Gasteiger partial charge is 0.261 e. The summed E-state index contributed by atoms with van der Waals surface area (Å²) in [5.74, 6) is 0. The van der Waals surface area contributed by atoms with E-state index in [1.165, 1.54) is 0 Å². The third-order valence-electron chi connectivity index (χ3n) is 3.15. The molecule has 20 heavy (non-hydrogen) atoms. The van der Waals surface area contributed by atoms with Gasteiger partial charge in [0.25, 0.3) is 10.0 Å². The SMILES string of the molecule is CNC(C)c1ccc(S(=O)(=O)Nc2ccccc2)cc1. The quantitative estimate of drug-likeness (QED) is 0.890. The molecule has 2 aromatic rings. The van der Waals surface area contributed by atoms with Crippen molar-refractivity contribution in [2.75, 3.05) is 11.8 Å². The molecule has 0 bridgehead atoms. The largest absolute Gasteiger partial charge is 0.313 e. The summed E-state index contributed by atoms with van der Waals surface area (Å²) in [6.07, 6.45) is 0. The molecule has 0 radical (unpaired) electrons. The summed E-state index contributed by atoms with van der Waals surface area (Å²) >= 11 is 0. The predicted molar refractivity (Wildman–Crippen MR) is 81.2 cm³/mol. The standard InChI is InChI=1S/C15H18N2O2S/c1-12(16-2)13-8-10-15(11-9-13)20(18,19)17-14-6-4-3-5-7-14/h3-12,16-17H,1-2H3. The number of benzene rings is 2. The Kier molecular flexibility index (Phi) is 4.42. The Morgan fingerprint density at radius 1 is 0.950 bits per heavy atom. The molecule has 4 nitrogen and oxygen atoms in total. The number of anilines is 1. The number of hydrogen-bond donors (Lipinski definition) is 2. The first-order valence-corrected chi connectivity index (χ1v) is 7.86. The molecule has 2 N–H and O–H groups in total. The zero-order valence-corrected chi connectivity index (χ0v) is 12.3. The third kappa shape index (κ3) is 3.37. The molecule has 0 spiro atoms. The molecular weight excluding hydrogens is 272 g/mol. The van der Waals surface area contributed by atoms with E-state index in [0.29, 0.717) is 5.69 Å². The molecular formula is C15H18N2O2S. The van der Waals surface area contributed by atoms with Gasteiger partial charge in [0.2, 0.25) is 0 Å². The van der Waals surface area contributed by atoms with E-state index in [4.69, 9.17) is 0 Å². The predicted octanol–water partition coefficient (Wildman–Crippen LogP) is 2.77. The van der Waals surface area contributed by atoms with Crippen molar-refractivity contribution in [1.29, 1.82) is 0 Å². The van der Waals surface area contributed by atoms with E-state index >= 15 is 0 Å². The van der Waals surface area contributed by atoms with Gasteiger partial charge in [-0.05, 0) is 43.8 Å². The van der Waals surface area contributed by atoms with E-state index in [2.05, 4.69) is 10.0 Å². The van der Waals surface area contributed by atoms with Crippen LogP contribution in [0.3, 0.4) is 0 Å². The fourth-order valence-corrected chi connectivity index (χ4v) is 2.88. The number of sulfonamides is 1. The van der Waals surface area contributed by atoms with Gasteiger partial charge in [-0.1, -0.05) is 30.3 Å². The lowest BCUT2D eigenvalue weighted by atomic mass is 10.1. The fourth-order valence-electron chi connectivity index (χ4n) is 1.82. The molecule has 106 valence electrons. The molecule has 0 saturated carbocycles. The van der Waals surface area contributed by atoms with Crippen LogP contribution >= 0.6 is 0 Å². The van der Waals surface area contributed by atoms with Gasteiger partial charge in [0, 0.05) is 11.7 Å². The second-order valence-electron chi connectivity index (χ2n) is 4.55. The lowest BCUT2D eigenvalue weighted by Gasteiger charge is -2.12. The number of nitrogens with one attached hydrogen (secondary N) is 2. The molecule has 2 rings (SSSR count). The molecule has 0 aliphatic carbocycles. The summed E-state index contributed by atoms with van der Waals surface area (Å²) in [6.45, 7) is 2.02. The van der Waals surface area contributed by atoms with E-state index in [-0.39, 0.29) is 10.9 Å². The van der Waals surface area contributed by atoms with Crippen molar-refractivity contribution in [3.05, 3.63) is 60.2 Å². The van der Waals surface area contributed by atoms with Gasteiger partial charge < -0.3 is 5.32 Å². The molecule has 0 amide bonds. The zero-order valence-electron chi connectivity index (χ0n) is 11.5. The first kappa shape index (κ1) is 14.6.